The van der Waals surface area contributed by atoms with Gasteiger partial charge in [0.1, 0.15) is 0 Å². The van der Waals surface area contributed by atoms with Gasteiger partial charge in [0.2, 0.25) is 0 Å². The van der Waals surface area contributed by atoms with E-state index in [0.717, 1.165) is 25.9 Å². The molecule has 0 saturated heterocycles. The number of unbranched alkanes of at least 4 members (excludes halogenated alkanes) is 2. The summed E-state index contributed by atoms with van der Waals surface area (Å²) in [6.45, 7) is 3.20. The van der Waals surface area contributed by atoms with Gasteiger partial charge in [0.15, 0.2) is 0 Å². The van der Waals surface area contributed by atoms with E-state index in [1.165, 1.54) is 0 Å². The standard InChI is InChI=1S/C9H19BO3/c1-3-13-10(11)8-6-4-5-7-9-12-2/h6,8,11H,3-5,7,9H2,1-2H3. The molecule has 0 aliphatic heterocycles. The average Bonchev–Trinajstić information content (AvgIpc) is 2.11. The van der Waals surface area contributed by atoms with Gasteiger partial charge in [-0.05, 0) is 26.2 Å². The Balaban J connectivity index is 3.20. The van der Waals surface area contributed by atoms with E-state index < -0.39 is 7.12 Å². The molecule has 0 heterocycles. The lowest BCUT2D eigenvalue weighted by Crippen LogP contribution is -2.14. The van der Waals surface area contributed by atoms with Crippen LogP contribution in [0.3, 0.4) is 0 Å². The minimum Gasteiger partial charge on any atom is -0.423 e. The van der Waals surface area contributed by atoms with E-state index in [0.29, 0.717) is 6.61 Å². The number of ether oxygens (including phenoxy) is 1. The highest BCUT2D eigenvalue weighted by molar-refractivity contribution is 6.49. The van der Waals surface area contributed by atoms with Crippen LogP contribution in [0.2, 0.25) is 0 Å². The predicted molar refractivity (Wildman–Crippen MR) is 54.5 cm³/mol. The summed E-state index contributed by atoms with van der Waals surface area (Å²) in [5.74, 6) is 1.68. The zero-order valence-corrected chi connectivity index (χ0v) is 8.53. The van der Waals surface area contributed by atoms with Gasteiger partial charge in [-0.3, -0.25) is 0 Å². The lowest BCUT2D eigenvalue weighted by molar-refractivity contribution is 0.193. The van der Waals surface area contributed by atoms with Crippen molar-refractivity contribution in [3.8, 4) is 0 Å². The van der Waals surface area contributed by atoms with Crippen LogP contribution in [0.25, 0.3) is 0 Å². The molecule has 0 saturated carbocycles. The summed E-state index contributed by atoms with van der Waals surface area (Å²) in [6, 6.07) is 0. The van der Waals surface area contributed by atoms with Crippen LogP contribution in [0.1, 0.15) is 26.2 Å². The highest BCUT2D eigenvalue weighted by Crippen LogP contribution is 1.97. The van der Waals surface area contributed by atoms with Crippen molar-refractivity contribution in [2.45, 2.75) is 26.2 Å². The quantitative estimate of drug-likeness (QED) is 0.460. The number of allylic oxidation sites excluding steroid dienone is 1. The molecule has 0 bridgehead atoms. The van der Waals surface area contributed by atoms with Crippen LogP contribution in [0.15, 0.2) is 12.1 Å². The first-order valence-corrected chi connectivity index (χ1v) is 4.76. The minimum absolute atomic E-state index is 0.537. The van der Waals surface area contributed by atoms with Crippen LogP contribution in [0.5, 0.6) is 0 Å². The van der Waals surface area contributed by atoms with E-state index in [-0.39, 0.29) is 0 Å². The third-order valence-corrected chi connectivity index (χ3v) is 1.61. The Kier molecular flexibility index (Phi) is 9.53. The predicted octanol–water partition coefficient (Wildman–Crippen LogP) is 1.42. The first-order valence-electron chi connectivity index (χ1n) is 4.76. The summed E-state index contributed by atoms with van der Waals surface area (Å²) in [6.07, 6.45) is 5.05. The van der Waals surface area contributed by atoms with Crippen LogP contribution >= 0.6 is 0 Å². The van der Waals surface area contributed by atoms with E-state index in [1.807, 2.05) is 13.0 Å². The molecule has 76 valence electrons. The number of hydrogen-bond acceptors (Lipinski definition) is 3. The summed E-state index contributed by atoms with van der Waals surface area (Å²) in [4.78, 5) is 0. The summed E-state index contributed by atoms with van der Waals surface area (Å²) in [5.41, 5.74) is 0. The van der Waals surface area contributed by atoms with Gasteiger partial charge in [0.25, 0.3) is 0 Å². The molecule has 0 amide bonds. The lowest BCUT2D eigenvalue weighted by Gasteiger charge is -1.99. The molecular formula is C9H19BO3. The number of rotatable bonds is 8. The molecule has 3 nitrogen and oxygen atoms in total. The number of methoxy groups -OCH3 is 1. The molecule has 0 aromatic rings. The first kappa shape index (κ1) is 12.7. The maximum Gasteiger partial charge on any atom is 0.483 e. The summed E-state index contributed by atoms with van der Waals surface area (Å²) >= 11 is 0. The Morgan fingerprint density at radius 1 is 1.38 bits per heavy atom. The molecule has 0 unspecified atom stereocenters. The maximum absolute atomic E-state index is 9.12. The molecule has 0 aromatic carbocycles. The second kappa shape index (κ2) is 9.77. The molecule has 0 radical (unpaired) electrons. The molecule has 1 N–H and O–H groups in total. The topological polar surface area (TPSA) is 38.7 Å². The Morgan fingerprint density at radius 3 is 2.77 bits per heavy atom. The summed E-state index contributed by atoms with van der Waals surface area (Å²) in [7, 11) is 0.960. The fraction of sp³-hybridized carbons (Fsp3) is 0.778. The molecule has 4 heteroatoms. The zero-order chi connectivity index (χ0) is 9.94. The van der Waals surface area contributed by atoms with Crippen LogP contribution in [-0.2, 0) is 9.39 Å². The second-order valence-electron chi connectivity index (χ2n) is 2.76. The van der Waals surface area contributed by atoms with E-state index in [4.69, 9.17) is 14.4 Å². The van der Waals surface area contributed by atoms with Gasteiger partial charge in [0, 0.05) is 20.3 Å². The molecule has 13 heavy (non-hydrogen) atoms. The third-order valence-electron chi connectivity index (χ3n) is 1.61. The molecule has 0 atom stereocenters. The monoisotopic (exact) mass is 186 g/mol. The van der Waals surface area contributed by atoms with E-state index >= 15 is 0 Å². The Hall–Kier alpha value is -0.315. The van der Waals surface area contributed by atoms with Crippen LogP contribution in [0, 0.1) is 0 Å². The summed E-state index contributed by atoms with van der Waals surface area (Å²) < 4.78 is 9.82. The Bertz CT molecular complexity index is 128. The smallest absolute Gasteiger partial charge is 0.423 e. The van der Waals surface area contributed by atoms with Crippen molar-refractivity contribution in [3.05, 3.63) is 12.1 Å². The van der Waals surface area contributed by atoms with Crippen molar-refractivity contribution < 1.29 is 14.4 Å². The van der Waals surface area contributed by atoms with Gasteiger partial charge in [-0.2, -0.15) is 0 Å². The van der Waals surface area contributed by atoms with Gasteiger partial charge in [-0.25, -0.2) is 0 Å². The molecular weight excluding hydrogens is 167 g/mol. The van der Waals surface area contributed by atoms with Crippen LogP contribution < -0.4 is 0 Å². The van der Waals surface area contributed by atoms with Crippen LogP contribution in [-0.4, -0.2) is 32.5 Å². The largest absolute Gasteiger partial charge is 0.483 e. The average molecular weight is 186 g/mol. The van der Waals surface area contributed by atoms with Gasteiger partial charge < -0.3 is 14.4 Å². The summed E-state index contributed by atoms with van der Waals surface area (Å²) in [5, 5.41) is 9.12. The maximum atomic E-state index is 9.12. The lowest BCUT2D eigenvalue weighted by atomic mass is 9.90. The molecule has 0 aromatic heterocycles. The first-order chi connectivity index (χ1) is 6.31. The molecule has 0 aliphatic rings. The highest BCUT2D eigenvalue weighted by Gasteiger charge is 2.04. The normalized spacial score (nSPS) is 11.0. The Morgan fingerprint density at radius 2 is 2.15 bits per heavy atom. The van der Waals surface area contributed by atoms with E-state index in [2.05, 4.69) is 0 Å². The fourth-order valence-corrected chi connectivity index (χ4v) is 0.948. The fourth-order valence-electron chi connectivity index (χ4n) is 0.948. The van der Waals surface area contributed by atoms with Gasteiger partial charge in [-0.1, -0.05) is 12.1 Å². The van der Waals surface area contributed by atoms with Gasteiger partial charge >= 0.3 is 7.12 Å². The van der Waals surface area contributed by atoms with E-state index in [1.54, 1.807) is 13.1 Å². The molecule has 0 rings (SSSR count). The molecule has 0 spiro atoms. The minimum atomic E-state index is -0.743. The highest BCUT2D eigenvalue weighted by atomic mass is 16.5. The SMILES string of the molecule is CCOB(O)C=CCCCCOC. The second-order valence-corrected chi connectivity index (χ2v) is 2.76. The Labute approximate surface area is 80.9 Å². The van der Waals surface area contributed by atoms with Crippen molar-refractivity contribution in [2.24, 2.45) is 0 Å². The van der Waals surface area contributed by atoms with Crippen LogP contribution in [0.4, 0.5) is 0 Å². The van der Waals surface area contributed by atoms with Crippen molar-refractivity contribution in [2.75, 3.05) is 20.3 Å². The van der Waals surface area contributed by atoms with Crippen molar-refractivity contribution in [3.63, 3.8) is 0 Å². The third kappa shape index (κ3) is 9.60. The van der Waals surface area contributed by atoms with Crippen molar-refractivity contribution >= 4 is 7.12 Å². The molecule has 0 aliphatic carbocycles. The van der Waals surface area contributed by atoms with Crippen molar-refractivity contribution in [1.29, 1.82) is 0 Å². The van der Waals surface area contributed by atoms with E-state index in [9.17, 15) is 0 Å². The van der Waals surface area contributed by atoms with Gasteiger partial charge in [0.05, 0.1) is 0 Å². The van der Waals surface area contributed by atoms with Crippen molar-refractivity contribution in [1.82, 2.24) is 0 Å². The zero-order valence-electron chi connectivity index (χ0n) is 8.53. The molecule has 0 fully saturated rings. The number of hydrogen-bond donors (Lipinski definition) is 1. The van der Waals surface area contributed by atoms with Gasteiger partial charge in [-0.15, -0.1) is 0 Å².